The predicted molar refractivity (Wildman–Crippen MR) is 97.9 cm³/mol. The maximum absolute atomic E-state index is 12.7. The van der Waals surface area contributed by atoms with Crippen LogP contribution in [0.25, 0.3) is 10.2 Å². The first-order valence-electron chi connectivity index (χ1n) is 7.40. The van der Waals surface area contributed by atoms with Crippen LogP contribution in [0.1, 0.15) is 32.6 Å². The second-order valence-corrected chi connectivity index (χ2v) is 7.50. The summed E-state index contributed by atoms with van der Waals surface area (Å²) in [5.74, 6) is 0.547. The number of rotatable bonds is 4. The van der Waals surface area contributed by atoms with Crippen LogP contribution >= 0.6 is 23.1 Å². The highest BCUT2D eigenvalue weighted by atomic mass is 32.2. The van der Waals surface area contributed by atoms with E-state index in [0.29, 0.717) is 5.75 Å². The third-order valence-electron chi connectivity index (χ3n) is 4.35. The lowest BCUT2D eigenvalue weighted by Crippen LogP contribution is -2.08. The number of ketones is 1. The number of thioether (sulfide) groups is 1. The number of Topliss-reactive ketones (excluding diaryl/α,β-unsaturated/α-hetero) is 1. The highest BCUT2D eigenvalue weighted by Crippen LogP contribution is 2.29. The van der Waals surface area contributed by atoms with Gasteiger partial charge in [-0.25, -0.2) is 9.97 Å². The van der Waals surface area contributed by atoms with E-state index in [4.69, 9.17) is 0 Å². The Morgan fingerprint density at radius 1 is 1.13 bits per heavy atom. The van der Waals surface area contributed by atoms with Gasteiger partial charge in [0.05, 0.1) is 5.75 Å². The SMILES string of the molecule is Cc1cc(C(=O)CSc2ncnc3sccc23)c(C)c(C)c1C. The predicted octanol–water partition coefficient (Wildman–Crippen LogP) is 4.90. The maximum Gasteiger partial charge on any atom is 0.173 e. The van der Waals surface area contributed by atoms with E-state index in [9.17, 15) is 4.79 Å². The fourth-order valence-corrected chi connectivity index (χ4v) is 4.26. The van der Waals surface area contributed by atoms with Crippen LogP contribution in [0.5, 0.6) is 0 Å². The first kappa shape index (κ1) is 16.1. The van der Waals surface area contributed by atoms with Crippen molar-refractivity contribution in [3.63, 3.8) is 0 Å². The van der Waals surface area contributed by atoms with Crippen molar-refractivity contribution in [2.45, 2.75) is 32.7 Å². The summed E-state index contributed by atoms with van der Waals surface area (Å²) in [6.07, 6.45) is 1.57. The van der Waals surface area contributed by atoms with Crippen molar-refractivity contribution in [2.24, 2.45) is 0 Å². The number of carbonyl (C=O) groups is 1. The molecule has 0 saturated carbocycles. The zero-order valence-electron chi connectivity index (χ0n) is 13.6. The van der Waals surface area contributed by atoms with Crippen molar-refractivity contribution < 1.29 is 4.79 Å². The molecule has 3 aromatic rings. The summed E-state index contributed by atoms with van der Waals surface area (Å²) in [5, 5.41) is 3.91. The molecule has 0 radical (unpaired) electrons. The molecule has 23 heavy (non-hydrogen) atoms. The number of benzene rings is 1. The largest absolute Gasteiger partial charge is 0.293 e. The standard InChI is InChI=1S/C18H18N2OS2/c1-10-7-15(13(4)12(3)11(10)2)16(21)8-23-18-14-5-6-22-17(14)19-9-20-18/h5-7,9H,8H2,1-4H3. The molecule has 0 unspecified atom stereocenters. The Hall–Kier alpha value is -1.72. The van der Waals surface area contributed by atoms with Gasteiger partial charge in [0, 0.05) is 10.9 Å². The van der Waals surface area contributed by atoms with Crippen molar-refractivity contribution in [3.05, 3.63) is 51.7 Å². The van der Waals surface area contributed by atoms with Gasteiger partial charge in [-0.1, -0.05) is 11.8 Å². The van der Waals surface area contributed by atoms with Crippen LogP contribution < -0.4 is 0 Å². The molecule has 0 aliphatic carbocycles. The van der Waals surface area contributed by atoms with Gasteiger partial charge < -0.3 is 0 Å². The molecule has 0 amide bonds. The quantitative estimate of drug-likeness (QED) is 0.384. The summed E-state index contributed by atoms with van der Waals surface area (Å²) in [6.45, 7) is 8.28. The smallest absolute Gasteiger partial charge is 0.173 e. The summed E-state index contributed by atoms with van der Waals surface area (Å²) >= 11 is 3.08. The molecule has 0 atom stereocenters. The van der Waals surface area contributed by atoms with E-state index in [1.807, 2.05) is 24.4 Å². The number of hydrogen-bond donors (Lipinski definition) is 0. The van der Waals surface area contributed by atoms with Crippen molar-refractivity contribution in [3.8, 4) is 0 Å². The minimum Gasteiger partial charge on any atom is -0.293 e. The summed E-state index contributed by atoms with van der Waals surface area (Å²) in [6, 6.07) is 4.03. The third-order valence-corrected chi connectivity index (χ3v) is 6.17. The maximum atomic E-state index is 12.7. The van der Waals surface area contributed by atoms with Gasteiger partial charge in [0.25, 0.3) is 0 Å². The normalized spacial score (nSPS) is 11.1. The second kappa shape index (κ2) is 6.42. The molecule has 0 saturated heterocycles. The lowest BCUT2D eigenvalue weighted by molar-refractivity contribution is 0.102. The van der Waals surface area contributed by atoms with E-state index in [-0.39, 0.29) is 5.78 Å². The van der Waals surface area contributed by atoms with E-state index in [1.165, 1.54) is 28.5 Å². The Balaban J connectivity index is 1.84. The first-order valence-corrected chi connectivity index (χ1v) is 9.27. The Morgan fingerprint density at radius 2 is 1.91 bits per heavy atom. The van der Waals surface area contributed by atoms with Gasteiger partial charge in [-0.05, 0) is 67.5 Å². The number of aromatic nitrogens is 2. The molecule has 3 rings (SSSR count). The molecule has 0 N–H and O–H groups in total. The number of thiophene rings is 1. The third kappa shape index (κ3) is 3.03. The van der Waals surface area contributed by atoms with Crippen LogP contribution in [-0.4, -0.2) is 21.5 Å². The Labute approximate surface area is 144 Å². The van der Waals surface area contributed by atoms with E-state index in [1.54, 1.807) is 17.7 Å². The average Bonchev–Trinajstić information content (AvgIpc) is 3.03. The topological polar surface area (TPSA) is 42.9 Å². The summed E-state index contributed by atoms with van der Waals surface area (Å²) in [4.78, 5) is 22.2. The van der Waals surface area contributed by atoms with Crippen molar-refractivity contribution >= 4 is 39.1 Å². The minimum atomic E-state index is 0.153. The van der Waals surface area contributed by atoms with Crippen molar-refractivity contribution in [1.82, 2.24) is 9.97 Å². The Morgan fingerprint density at radius 3 is 2.70 bits per heavy atom. The molecular formula is C18H18N2OS2. The molecule has 118 valence electrons. The fourth-order valence-electron chi connectivity index (χ4n) is 2.60. The molecule has 0 aliphatic rings. The van der Waals surface area contributed by atoms with Crippen LogP contribution in [0.15, 0.2) is 28.9 Å². The number of hydrogen-bond acceptors (Lipinski definition) is 5. The fraction of sp³-hybridized carbons (Fsp3) is 0.278. The van der Waals surface area contributed by atoms with E-state index >= 15 is 0 Å². The van der Waals surface area contributed by atoms with Gasteiger partial charge in [-0.2, -0.15) is 0 Å². The zero-order chi connectivity index (χ0) is 16.6. The van der Waals surface area contributed by atoms with Crippen LogP contribution in [-0.2, 0) is 0 Å². The molecule has 0 aliphatic heterocycles. The molecule has 0 fully saturated rings. The first-order chi connectivity index (χ1) is 11.0. The monoisotopic (exact) mass is 342 g/mol. The van der Waals surface area contributed by atoms with Crippen LogP contribution in [0, 0.1) is 27.7 Å². The lowest BCUT2D eigenvalue weighted by Gasteiger charge is -2.13. The van der Waals surface area contributed by atoms with Gasteiger partial charge in [-0.15, -0.1) is 11.3 Å². The van der Waals surface area contributed by atoms with Gasteiger partial charge in [0.1, 0.15) is 16.2 Å². The van der Waals surface area contributed by atoms with Crippen molar-refractivity contribution in [2.75, 3.05) is 5.75 Å². The minimum absolute atomic E-state index is 0.153. The van der Waals surface area contributed by atoms with E-state index in [2.05, 4.69) is 30.7 Å². The van der Waals surface area contributed by atoms with Gasteiger partial charge in [0.15, 0.2) is 5.78 Å². The summed E-state index contributed by atoms with van der Waals surface area (Å²) < 4.78 is 0. The zero-order valence-corrected chi connectivity index (χ0v) is 15.3. The average molecular weight is 342 g/mol. The summed E-state index contributed by atoms with van der Waals surface area (Å²) in [5.41, 5.74) is 5.56. The molecular weight excluding hydrogens is 324 g/mol. The lowest BCUT2D eigenvalue weighted by atomic mass is 9.93. The Kier molecular flexibility index (Phi) is 4.50. The number of carbonyl (C=O) groups excluding carboxylic acids is 1. The highest BCUT2D eigenvalue weighted by molar-refractivity contribution is 8.00. The molecule has 1 aromatic carbocycles. The van der Waals surface area contributed by atoms with Gasteiger partial charge >= 0.3 is 0 Å². The second-order valence-electron chi connectivity index (χ2n) is 5.65. The molecule has 2 aromatic heterocycles. The molecule has 2 heterocycles. The van der Waals surface area contributed by atoms with E-state index < -0.39 is 0 Å². The van der Waals surface area contributed by atoms with Gasteiger partial charge in [-0.3, -0.25) is 4.79 Å². The van der Waals surface area contributed by atoms with E-state index in [0.717, 1.165) is 26.4 Å². The Bertz CT molecular complexity index is 899. The highest BCUT2D eigenvalue weighted by Gasteiger charge is 2.15. The molecule has 0 bridgehead atoms. The van der Waals surface area contributed by atoms with Crippen LogP contribution in [0.4, 0.5) is 0 Å². The van der Waals surface area contributed by atoms with Gasteiger partial charge in [0.2, 0.25) is 0 Å². The molecule has 3 nitrogen and oxygen atoms in total. The molecule has 0 spiro atoms. The summed E-state index contributed by atoms with van der Waals surface area (Å²) in [7, 11) is 0. The molecule has 5 heteroatoms. The number of fused-ring (bicyclic) bond motifs is 1. The number of aryl methyl sites for hydroxylation is 1. The number of nitrogens with zero attached hydrogens (tertiary/aromatic N) is 2. The van der Waals surface area contributed by atoms with Crippen LogP contribution in [0.2, 0.25) is 0 Å². The van der Waals surface area contributed by atoms with Crippen molar-refractivity contribution in [1.29, 1.82) is 0 Å². The van der Waals surface area contributed by atoms with Crippen LogP contribution in [0.3, 0.4) is 0 Å².